The molecule has 126 valence electrons. The van der Waals surface area contributed by atoms with Gasteiger partial charge in [0.15, 0.2) is 0 Å². The number of hydrogen-bond donors (Lipinski definition) is 1. The van der Waals surface area contributed by atoms with Gasteiger partial charge in [-0.05, 0) is 10.8 Å². The summed E-state index contributed by atoms with van der Waals surface area (Å²) in [5.41, 5.74) is 0.273. The lowest BCUT2D eigenvalue weighted by molar-refractivity contribution is -0.126. The lowest BCUT2D eigenvalue weighted by Crippen LogP contribution is -2.34. The minimum atomic E-state index is -0.0848. The third-order valence-electron chi connectivity index (χ3n) is 2.33. The zero-order valence-corrected chi connectivity index (χ0v) is 14.6. The van der Waals surface area contributed by atoms with E-state index in [1.807, 2.05) is 0 Å². The standard InChI is InChI=1S/C16H33NO4/c1-15(2,3)12-17-14(18)11-20-9-7-19-8-10-21-13-16(4,5)6/h7-13H2,1-6H3,(H,17,18). The quantitative estimate of drug-likeness (QED) is 0.629. The van der Waals surface area contributed by atoms with Crippen molar-refractivity contribution in [3.8, 4) is 0 Å². The maximum Gasteiger partial charge on any atom is 0.246 e. The molecule has 0 unspecified atom stereocenters. The first-order chi connectivity index (χ1) is 9.60. The van der Waals surface area contributed by atoms with Crippen LogP contribution in [-0.4, -0.2) is 52.1 Å². The minimum absolute atomic E-state index is 0.0833. The van der Waals surface area contributed by atoms with Gasteiger partial charge in [0, 0.05) is 6.54 Å². The Bertz CT molecular complexity index is 279. The van der Waals surface area contributed by atoms with Crippen molar-refractivity contribution in [1.82, 2.24) is 5.32 Å². The van der Waals surface area contributed by atoms with Crippen LogP contribution < -0.4 is 5.32 Å². The average molecular weight is 303 g/mol. The summed E-state index contributed by atoms with van der Waals surface area (Å²) in [7, 11) is 0. The first-order valence-electron chi connectivity index (χ1n) is 7.60. The number of ether oxygens (including phenoxy) is 3. The summed E-state index contributed by atoms with van der Waals surface area (Å²) in [4.78, 5) is 11.5. The fourth-order valence-corrected chi connectivity index (χ4v) is 1.30. The number of rotatable bonds is 10. The molecule has 0 aromatic rings. The fraction of sp³-hybridized carbons (Fsp3) is 0.938. The summed E-state index contributed by atoms with van der Waals surface area (Å²) >= 11 is 0. The molecular weight excluding hydrogens is 270 g/mol. The van der Waals surface area contributed by atoms with E-state index >= 15 is 0 Å². The van der Waals surface area contributed by atoms with Crippen molar-refractivity contribution in [2.45, 2.75) is 41.5 Å². The third-order valence-corrected chi connectivity index (χ3v) is 2.33. The van der Waals surface area contributed by atoms with Crippen molar-refractivity contribution in [1.29, 1.82) is 0 Å². The Hall–Kier alpha value is -0.650. The molecule has 0 aliphatic heterocycles. The third kappa shape index (κ3) is 17.3. The Balaban J connectivity index is 3.31. The first kappa shape index (κ1) is 20.3. The van der Waals surface area contributed by atoms with E-state index in [9.17, 15) is 4.79 Å². The van der Waals surface area contributed by atoms with Crippen molar-refractivity contribution in [2.75, 3.05) is 46.2 Å². The lowest BCUT2D eigenvalue weighted by atomic mass is 9.97. The molecule has 0 bridgehead atoms. The average Bonchev–Trinajstić information content (AvgIpc) is 2.32. The SMILES string of the molecule is CC(C)(C)CNC(=O)COCCOCCOCC(C)(C)C. The number of carbonyl (C=O) groups excluding carboxylic acids is 1. The lowest BCUT2D eigenvalue weighted by Gasteiger charge is -2.18. The molecule has 0 aliphatic rings. The van der Waals surface area contributed by atoms with Gasteiger partial charge in [-0.1, -0.05) is 41.5 Å². The summed E-state index contributed by atoms with van der Waals surface area (Å²) < 4.78 is 16.1. The zero-order valence-electron chi connectivity index (χ0n) is 14.6. The number of amides is 1. The number of carbonyl (C=O) groups is 1. The van der Waals surface area contributed by atoms with Crippen molar-refractivity contribution >= 4 is 5.91 Å². The normalized spacial score (nSPS) is 12.5. The van der Waals surface area contributed by atoms with Gasteiger partial charge in [0.1, 0.15) is 6.61 Å². The molecular formula is C16H33NO4. The van der Waals surface area contributed by atoms with Crippen LogP contribution in [0.4, 0.5) is 0 Å². The summed E-state index contributed by atoms with van der Waals surface area (Å²) in [6.45, 7) is 16.1. The van der Waals surface area contributed by atoms with Crippen LogP contribution in [0.15, 0.2) is 0 Å². The Morgan fingerprint density at radius 3 is 1.86 bits per heavy atom. The molecule has 0 fully saturated rings. The molecule has 0 saturated carbocycles. The van der Waals surface area contributed by atoms with Gasteiger partial charge in [0.25, 0.3) is 0 Å². The topological polar surface area (TPSA) is 56.8 Å². The summed E-state index contributed by atoms with van der Waals surface area (Å²) in [5.74, 6) is -0.0848. The maximum atomic E-state index is 11.5. The first-order valence-corrected chi connectivity index (χ1v) is 7.60. The predicted octanol–water partition coefficient (Wildman–Crippen LogP) is 2.24. The fourth-order valence-electron chi connectivity index (χ4n) is 1.30. The highest BCUT2D eigenvalue weighted by molar-refractivity contribution is 5.77. The largest absolute Gasteiger partial charge is 0.379 e. The zero-order chi connectivity index (χ0) is 16.4. The van der Waals surface area contributed by atoms with Crippen molar-refractivity contribution in [3.05, 3.63) is 0 Å². The van der Waals surface area contributed by atoms with Gasteiger partial charge in [0.2, 0.25) is 5.91 Å². The van der Waals surface area contributed by atoms with Crippen LogP contribution in [0.5, 0.6) is 0 Å². The van der Waals surface area contributed by atoms with E-state index in [0.29, 0.717) is 33.0 Å². The van der Waals surface area contributed by atoms with Gasteiger partial charge < -0.3 is 19.5 Å². The van der Waals surface area contributed by atoms with Crippen molar-refractivity contribution in [2.24, 2.45) is 10.8 Å². The monoisotopic (exact) mass is 303 g/mol. The van der Waals surface area contributed by atoms with Gasteiger partial charge in [-0.15, -0.1) is 0 Å². The molecule has 0 heterocycles. The van der Waals surface area contributed by atoms with E-state index < -0.39 is 0 Å². The molecule has 0 atom stereocenters. The van der Waals surface area contributed by atoms with Crippen LogP contribution in [0.2, 0.25) is 0 Å². The molecule has 0 radical (unpaired) electrons. The van der Waals surface area contributed by atoms with E-state index in [0.717, 1.165) is 6.61 Å². The van der Waals surface area contributed by atoms with Crippen LogP contribution in [0, 0.1) is 10.8 Å². The Morgan fingerprint density at radius 2 is 1.33 bits per heavy atom. The summed E-state index contributed by atoms with van der Waals surface area (Å²) in [6.07, 6.45) is 0. The van der Waals surface area contributed by atoms with Gasteiger partial charge in [-0.3, -0.25) is 4.79 Å². The van der Waals surface area contributed by atoms with Crippen LogP contribution in [0.1, 0.15) is 41.5 Å². The molecule has 0 saturated heterocycles. The Kier molecular flexibility index (Phi) is 9.83. The van der Waals surface area contributed by atoms with Crippen LogP contribution in [0.3, 0.4) is 0 Å². The molecule has 0 aromatic carbocycles. The smallest absolute Gasteiger partial charge is 0.246 e. The van der Waals surface area contributed by atoms with E-state index in [-0.39, 0.29) is 23.3 Å². The summed E-state index contributed by atoms with van der Waals surface area (Å²) in [6, 6.07) is 0. The molecule has 0 spiro atoms. The van der Waals surface area contributed by atoms with Gasteiger partial charge in [0.05, 0.1) is 33.0 Å². The molecule has 0 rings (SSSR count). The highest BCUT2D eigenvalue weighted by Crippen LogP contribution is 2.12. The van der Waals surface area contributed by atoms with Crippen LogP contribution in [0.25, 0.3) is 0 Å². The van der Waals surface area contributed by atoms with Gasteiger partial charge in [-0.2, -0.15) is 0 Å². The molecule has 0 aliphatic carbocycles. The van der Waals surface area contributed by atoms with E-state index in [4.69, 9.17) is 14.2 Å². The predicted molar refractivity (Wildman–Crippen MR) is 84.4 cm³/mol. The van der Waals surface area contributed by atoms with Gasteiger partial charge >= 0.3 is 0 Å². The molecule has 1 amide bonds. The second-order valence-electron chi connectivity index (χ2n) is 7.62. The van der Waals surface area contributed by atoms with Crippen LogP contribution in [-0.2, 0) is 19.0 Å². The van der Waals surface area contributed by atoms with Gasteiger partial charge in [-0.25, -0.2) is 0 Å². The Morgan fingerprint density at radius 1 is 0.810 bits per heavy atom. The van der Waals surface area contributed by atoms with E-state index in [1.165, 1.54) is 0 Å². The van der Waals surface area contributed by atoms with Crippen molar-refractivity contribution < 1.29 is 19.0 Å². The number of nitrogens with one attached hydrogen (secondary N) is 1. The highest BCUT2D eigenvalue weighted by atomic mass is 16.5. The number of hydrogen-bond acceptors (Lipinski definition) is 4. The van der Waals surface area contributed by atoms with E-state index in [2.05, 4.69) is 46.9 Å². The molecule has 21 heavy (non-hydrogen) atoms. The summed E-state index contributed by atoms with van der Waals surface area (Å²) in [5, 5.41) is 2.83. The molecule has 5 heteroatoms. The van der Waals surface area contributed by atoms with Crippen molar-refractivity contribution in [3.63, 3.8) is 0 Å². The maximum absolute atomic E-state index is 11.5. The van der Waals surface area contributed by atoms with Crippen LogP contribution >= 0.6 is 0 Å². The Labute approximate surface area is 129 Å². The molecule has 5 nitrogen and oxygen atoms in total. The molecule has 0 aromatic heterocycles. The second-order valence-corrected chi connectivity index (χ2v) is 7.62. The van der Waals surface area contributed by atoms with E-state index in [1.54, 1.807) is 0 Å². The highest BCUT2D eigenvalue weighted by Gasteiger charge is 2.11. The second kappa shape index (κ2) is 10.1. The minimum Gasteiger partial charge on any atom is -0.379 e. The molecule has 1 N–H and O–H groups in total.